The van der Waals surface area contributed by atoms with Gasteiger partial charge < -0.3 is 5.73 Å². The van der Waals surface area contributed by atoms with Gasteiger partial charge in [0, 0.05) is 24.3 Å². The molecule has 0 spiro atoms. The molecule has 0 bridgehead atoms. The highest BCUT2D eigenvalue weighted by atomic mass is 15.3. The summed E-state index contributed by atoms with van der Waals surface area (Å²) < 4.78 is 2.08. The summed E-state index contributed by atoms with van der Waals surface area (Å²) in [6.45, 7) is 5.98. The average Bonchev–Trinajstić information content (AvgIpc) is 2.60. The molecule has 1 aromatic heterocycles. The van der Waals surface area contributed by atoms with Crippen molar-refractivity contribution in [3.8, 4) is 0 Å². The molecule has 0 aliphatic carbocycles. The number of aromatic nitrogens is 2. The quantitative estimate of drug-likeness (QED) is 0.701. The first-order chi connectivity index (χ1) is 7.29. The van der Waals surface area contributed by atoms with Gasteiger partial charge in [0.1, 0.15) is 0 Å². The van der Waals surface area contributed by atoms with Gasteiger partial charge in [-0.25, -0.2) is 0 Å². The second-order valence-corrected chi connectivity index (χ2v) is 4.10. The lowest BCUT2D eigenvalue weighted by molar-refractivity contribution is 0.524. The fraction of sp³-hybridized carbons (Fsp3) is 0.750. The smallest absolute Gasteiger partial charge is 0.0537 e. The summed E-state index contributed by atoms with van der Waals surface area (Å²) in [5.74, 6) is 0. The standard InChI is InChI=1S/C12H23N3/c1-3-4-5-6-7-8-15-11(2)12(9-13)10-14-15/h10H,3-9,13H2,1-2H3. The normalized spacial score (nSPS) is 10.9. The lowest BCUT2D eigenvalue weighted by Crippen LogP contribution is -2.04. The van der Waals surface area contributed by atoms with E-state index in [4.69, 9.17) is 5.73 Å². The third-order valence-electron chi connectivity index (χ3n) is 2.90. The van der Waals surface area contributed by atoms with Crippen molar-refractivity contribution in [2.45, 2.75) is 59.0 Å². The fourth-order valence-electron chi connectivity index (χ4n) is 1.78. The summed E-state index contributed by atoms with van der Waals surface area (Å²) in [5.41, 5.74) is 8.00. The molecule has 0 aliphatic heterocycles. The minimum absolute atomic E-state index is 0.599. The molecule has 2 N–H and O–H groups in total. The summed E-state index contributed by atoms with van der Waals surface area (Å²) >= 11 is 0. The summed E-state index contributed by atoms with van der Waals surface area (Å²) in [4.78, 5) is 0. The summed E-state index contributed by atoms with van der Waals surface area (Å²) in [6, 6.07) is 0. The zero-order valence-electron chi connectivity index (χ0n) is 10.00. The van der Waals surface area contributed by atoms with Crippen LogP contribution in [-0.4, -0.2) is 9.78 Å². The van der Waals surface area contributed by atoms with E-state index in [0.29, 0.717) is 6.54 Å². The van der Waals surface area contributed by atoms with Crippen molar-refractivity contribution in [2.75, 3.05) is 0 Å². The monoisotopic (exact) mass is 209 g/mol. The molecule has 0 radical (unpaired) electrons. The molecule has 1 heterocycles. The number of aryl methyl sites for hydroxylation is 1. The van der Waals surface area contributed by atoms with Gasteiger partial charge in [0.2, 0.25) is 0 Å². The summed E-state index contributed by atoms with van der Waals surface area (Å²) in [7, 11) is 0. The lowest BCUT2D eigenvalue weighted by Gasteiger charge is -2.04. The highest BCUT2D eigenvalue weighted by Crippen LogP contribution is 2.09. The van der Waals surface area contributed by atoms with E-state index in [-0.39, 0.29) is 0 Å². The fourth-order valence-corrected chi connectivity index (χ4v) is 1.78. The number of rotatable bonds is 7. The van der Waals surface area contributed by atoms with Gasteiger partial charge in [0.05, 0.1) is 6.20 Å². The van der Waals surface area contributed by atoms with Crippen LogP contribution in [0.5, 0.6) is 0 Å². The molecule has 3 nitrogen and oxygen atoms in total. The van der Waals surface area contributed by atoms with Crippen molar-refractivity contribution < 1.29 is 0 Å². The van der Waals surface area contributed by atoms with Crippen molar-refractivity contribution in [1.82, 2.24) is 9.78 Å². The molecule has 15 heavy (non-hydrogen) atoms. The Labute approximate surface area is 92.7 Å². The van der Waals surface area contributed by atoms with E-state index in [2.05, 4.69) is 23.6 Å². The first-order valence-corrected chi connectivity index (χ1v) is 6.01. The second kappa shape index (κ2) is 6.62. The molecule has 0 fully saturated rings. The van der Waals surface area contributed by atoms with Crippen molar-refractivity contribution in [1.29, 1.82) is 0 Å². The SMILES string of the molecule is CCCCCCCn1ncc(CN)c1C. The van der Waals surface area contributed by atoms with Crippen molar-refractivity contribution in [2.24, 2.45) is 5.73 Å². The van der Waals surface area contributed by atoms with Gasteiger partial charge in [-0.3, -0.25) is 4.68 Å². The van der Waals surface area contributed by atoms with E-state index in [9.17, 15) is 0 Å². The molecular formula is C12H23N3. The third-order valence-corrected chi connectivity index (χ3v) is 2.90. The van der Waals surface area contributed by atoms with Crippen molar-refractivity contribution >= 4 is 0 Å². The molecule has 0 aliphatic rings. The van der Waals surface area contributed by atoms with Crippen LogP contribution in [0.2, 0.25) is 0 Å². The van der Waals surface area contributed by atoms with Crippen LogP contribution < -0.4 is 5.73 Å². The van der Waals surface area contributed by atoms with Crippen LogP contribution in [0.15, 0.2) is 6.20 Å². The Balaban J connectivity index is 2.28. The minimum atomic E-state index is 0.599. The molecule has 0 saturated heterocycles. The number of hydrogen-bond acceptors (Lipinski definition) is 2. The Morgan fingerprint density at radius 3 is 2.60 bits per heavy atom. The van der Waals surface area contributed by atoms with E-state index in [1.54, 1.807) is 0 Å². The highest BCUT2D eigenvalue weighted by molar-refractivity contribution is 5.15. The number of nitrogens with zero attached hydrogens (tertiary/aromatic N) is 2. The Morgan fingerprint density at radius 1 is 1.27 bits per heavy atom. The van der Waals surface area contributed by atoms with Crippen LogP contribution in [-0.2, 0) is 13.1 Å². The lowest BCUT2D eigenvalue weighted by atomic mass is 10.1. The van der Waals surface area contributed by atoms with E-state index < -0.39 is 0 Å². The predicted molar refractivity (Wildman–Crippen MR) is 63.6 cm³/mol. The maximum absolute atomic E-state index is 5.61. The van der Waals surface area contributed by atoms with E-state index >= 15 is 0 Å². The van der Waals surface area contributed by atoms with Crippen molar-refractivity contribution in [3.05, 3.63) is 17.5 Å². The van der Waals surface area contributed by atoms with Crippen LogP contribution in [0, 0.1) is 6.92 Å². The number of nitrogens with two attached hydrogens (primary N) is 1. The molecule has 86 valence electrons. The first kappa shape index (κ1) is 12.2. The molecule has 0 amide bonds. The largest absolute Gasteiger partial charge is 0.326 e. The van der Waals surface area contributed by atoms with Gasteiger partial charge in [-0.1, -0.05) is 32.6 Å². The molecule has 1 aromatic rings. The molecule has 0 aromatic carbocycles. The second-order valence-electron chi connectivity index (χ2n) is 4.10. The van der Waals surface area contributed by atoms with Crippen molar-refractivity contribution in [3.63, 3.8) is 0 Å². The van der Waals surface area contributed by atoms with Crippen LogP contribution in [0.3, 0.4) is 0 Å². The van der Waals surface area contributed by atoms with Gasteiger partial charge >= 0.3 is 0 Å². The maximum atomic E-state index is 5.61. The van der Waals surface area contributed by atoms with E-state index in [1.807, 2.05) is 6.20 Å². The Kier molecular flexibility index (Phi) is 5.40. The van der Waals surface area contributed by atoms with E-state index in [0.717, 1.165) is 6.54 Å². The maximum Gasteiger partial charge on any atom is 0.0537 e. The summed E-state index contributed by atoms with van der Waals surface area (Å²) in [5, 5.41) is 4.34. The highest BCUT2D eigenvalue weighted by Gasteiger charge is 2.03. The molecule has 0 atom stereocenters. The van der Waals surface area contributed by atoms with Gasteiger partial charge in [0.15, 0.2) is 0 Å². The van der Waals surface area contributed by atoms with Crippen LogP contribution in [0.1, 0.15) is 50.3 Å². The Hall–Kier alpha value is -0.830. The Morgan fingerprint density at radius 2 is 2.00 bits per heavy atom. The van der Waals surface area contributed by atoms with Gasteiger partial charge in [-0.2, -0.15) is 5.10 Å². The third kappa shape index (κ3) is 3.67. The van der Waals surface area contributed by atoms with Gasteiger partial charge in [-0.15, -0.1) is 0 Å². The van der Waals surface area contributed by atoms with Crippen LogP contribution in [0.4, 0.5) is 0 Å². The zero-order chi connectivity index (χ0) is 11.1. The topological polar surface area (TPSA) is 43.8 Å². The molecule has 3 heteroatoms. The number of unbranched alkanes of at least 4 members (excludes halogenated alkanes) is 4. The first-order valence-electron chi connectivity index (χ1n) is 6.01. The molecule has 1 rings (SSSR count). The van der Waals surface area contributed by atoms with E-state index in [1.165, 1.54) is 43.4 Å². The predicted octanol–water partition coefficient (Wildman–Crippen LogP) is 2.62. The molecule has 0 saturated carbocycles. The average molecular weight is 209 g/mol. The zero-order valence-corrected chi connectivity index (χ0v) is 10.00. The number of hydrogen-bond donors (Lipinski definition) is 1. The molecule has 0 unspecified atom stereocenters. The van der Waals surface area contributed by atoms with Gasteiger partial charge in [-0.05, 0) is 13.3 Å². The summed E-state index contributed by atoms with van der Waals surface area (Å²) in [6.07, 6.45) is 8.43. The Bertz CT molecular complexity index is 278. The van der Waals surface area contributed by atoms with Crippen LogP contribution in [0.25, 0.3) is 0 Å². The van der Waals surface area contributed by atoms with Crippen LogP contribution >= 0.6 is 0 Å². The van der Waals surface area contributed by atoms with Gasteiger partial charge in [0.25, 0.3) is 0 Å². The molecular weight excluding hydrogens is 186 g/mol. The minimum Gasteiger partial charge on any atom is -0.326 e.